The highest BCUT2D eigenvalue weighted by Gasteiger charge is 2.39. The number of hydrogen-bond acceptors (Lipinski definition) is 5. The fourth-order valence-electron chi connectivity index (χ4n) is 3.60. The second-order valence-corrected chi connectivity index (χ2v) is 6.99. The van der Waals surface area contributed by atoms with Crippen molar-refractivity contribution in [2.75, 3.05) is 12.1 Å². The van der Waals surface area contributed by atoms with Crippen LogP contribution in [-0.2, 0) is 16.1 Å². The molecule has 2 amide bonds. The van der Waals surface area contributed by atoms with E-state index < -0.39 is 0 Å². The van der Waals surface area contributed by atoms with Crippen LogP contribution in [0.4, 0.5) is 5.69 Å². The van der Waals surface area contributed by atoms with Crippen LogP contribution in [0.3, 0.4) is 0 Å². The van der Waals surface area contributed by atoms with Gasteiger partial charge in [0.15, 0.2) is 11.5 Å². The van der Waals surface area contributed by atoms with Crippen LogP contribution in [0.5, 0.6) is 11.5 Å². The predicted octanol–water partition coefficient (Wildman–Crippen LogP) is 3.81. The number of carbonyl (C=O) groups is 2. The monoisotopic (exact) mass is 398 g/mol. The first-order chi connectivity index (χ1) is 14.7. The molecule has 3 aromatic carbocycles. The average molecular weight is 398 g/mol. The Hall–Kier alpha value is -4.06. The molecule has 0 spiro atoms. The summed E-state index contributed by atoms with van der Waals surface area (Å²) in [4.78, 5) is 27.8. The van der Waals surface area contributed by atoms with Gasteiger partial charge in [0.1, 0.15) is 5.70 Å². The van der Waals surface area contributed by atoms with Crippen LogP contribution in [0.2, 0.25) is 0 Å². The number of ether oxygens (including phenoxy) is 2. The third-order valence-electron chi connectivity index (χ3n) is 5.05. The number of nitrogens with zero attached hydrogens (tertiary/aromatic N) is 1. The molecule has 6 heteroatoms. The maximum Gasteiger partial charge on any atom is 0.278 e. The number of imide groups is 1. The standard InChI is InChI=1S/C24H18N2O4/c27-23-21(17-7-3-1-4-8-17)22(25-18-9-5-2-6-10-18)24(28)26(23)14-16-11-12-19-20(13-16)30-15-29-19/h1-13,25H,14-15H2. The van der Waals surface area contributed by atoms with Crippen molar-refractivity contribution in [1.82, 2.24) is 4.90 Å². The van der Waals surface area contributed by atoms with Crippen molar-refractivity contribution in [3.8, 4) is 11.5 Å². The van der Waals surface area contributed by atoms with Crippen molar-refractivity contribution < 1.29 is 19.1 Å². The van der Waals surface area contributed by atoms with Crippen LogP contribution in [0.15, 0.2) is 84.6 Å². The fourth-order valence-corrected chi connectivity index (χ4v) is 3.60. The van der Waals surface area contributed by atoms with Crippen LogP contribution in [0.1, 0.15) is 11.1 Å². The van der Waals surface area contributed by atoms with E-state index in [0.717, 1.165) is 11.3 Å². The van der Waals surface area contributed by atoms with E-state index in [2.05, 4.69) is 5.32 Å². The molecule has 30 heavy (non-hydrogen) atoms. The summed E-state index contributed by atoms with van der Waals surface area (Å²) in [6.07, 6.45) is 0. The number of para-hydroxylation sites is 1. The van der Waals surface area contributed by atoms with E-state index in [1.54, 1.807) is 12.1 Å². The minimum Gasteiger partial charge on any atom is -0.454 e. The largest absolute Gasteiger partial charge is 0.454 e. The van der Waals surface area contributed by atoms with Gasteiger partial charge in [0.2, 0.25) is 6.79 Å². The van der Waals surface area contributed by atoms with Gasteiger partial charge < -0.3 is 14.8 Å². The molecule has 2 heterocycles. The van der Waals surface area contributed by atoms with Gasteiger partial charge in [-0.2, -0.15) is 0 Å². The minimum atomic E-state index is -0.361. The highest BCUT2D eigenvalue weighted by molar-refractivity contribution is 6.36. The summed E-state index contributed by atoms with van der Waals surface area (Å²) in [5, 5.41) is 3.15. The second kappa shape index (κ2) is 7.40. The number of benzene rings is 3. The molecule has 148 valence electrons. The third-order valence-corrected chi connectivity index (χ3v) is 5.05. The van der Waals surface area contributed by atoms with Gasteiger partial charge >= 0.3 is 0 Å². The highest BCUT2D eigenvalue weighted by atomic mass is 16.7. The number of nitrogens with one attached hydrogen (secondary N) is 1. The Morgan fingerprint density at radius 1 is 0.800 bits per heavy atom. The van der Waals surface area contributed by atoms with Gasteiger partial charge in [-0.3, -0.25) is 14.5 Å². The Labute approximate surface area is 173 Å². The summed E-state index contributed by atoms with van der Waals surface area (Å²) >= 11 is 0. The molecule has 0 bridgehead atoms. The number of hydrogen-bond donors (Lipinski definition) is 1. The lowest BCUT2D eigenvalue weighted by atomic mass is 10.0. The molecule has 0 fully saturated rings. The van der Waals surface area contributed by atoms with Gasteiger partial charge in [-0.15, -0.1) is 0 Å². The first-order valence-electron chi connectivity index (χ1n) is 9.57. The van der Waals surface area contributed by atoms with E-state index >= 15 is 0 Å². The van der Waals surface area contributed by atoms with Gasteiger partial charge in [-0.1, -0.05) is 54.6 Å². The smallest absolute Gasteiger partial charge is 0.278 e. The van der Waals surface area contributed by atoms with Gasteiger partial charge in [-0.05, 0) is 35.4 Å². The van der Waals surface area contributed by atoms with Crippen molar-refractivity contribution >= 4 is 23.1 Å². The van der Waals surface area contributed by atoms with E-state index in [1.807, 2.05) is 66.7 Å². The predicted molar refractivity (Wildman–Crippen MR) is 112 cm³/mol. The molecule has 0 aromatic heterocycles. The quantitative estimate of drug-likeness (QED) is 0.662. The van der Waals surface area contributed by atoms with E-state index in [4.69, 9.17) is 9.47 Å². The van der Waals surface area contributed by atoms with Crippen molar-refractivity contribution in [3.63, 3.8) is 0 Å². The molecule has 2 aliphatic rings. The summed E-state index contributed by atoms with van der Waals surface area (Å²) in [5.41, 5.74) is 2.87. The summed E-state index contributed by atoms with van der Waals surface area (Å²) in [7, 11) is 0. The maximum atomic E-state index is 13.3. The fraction of sp³-hybridized carbons (Fsp3) is 0.0833. The molecule has 1 N–H and O–H groups in total. The van der Waals surface area contributed by atoms with E-state index in [1.165, 1.54) is 4.90 Å². The first-order valence-corrected chi connectivity index (χ1v) is 9.57. The topological polar surface area (TPSA) is 67.9 Å². The van der Waals surface area contributed by atoms with E-state index in [0.29, 0.717) is 22.6 Å². The number of rotatable bonds is 5. The molecule has 2 aliphatic heterocycles. The summed E-state index contributed by atoms with van der Waals surface area (Å²) in [6.45, 7) is 0.315. The molecular weight excluding hydrogens is 380 g/mol. The van der Waals surface area contributed by atoms with Crippen molar-refractivity contribution in [3.05, 3.63) is 95.7 Å². The second-order valence-electron chi connectivity index (χ2n) is 6.99. The van der Waals surface area contributed by atoms with Gasteiger partial charge in [0, 0.05) is 5.69 Å². The minimum absolute atomic E-state index is 0.143. The summed E-state index contributed by atoms with van der Waals surface area (Å²) < 4.78 is 10.8. The Bertz CT molecular complexity index is 1160. The maximum absolute atomic E-state index is 13.3. The molecule has 3 aromatic rings. The van der Waals surface area contributed by atoms with Crippen molar-refractivity contribution in [2.24, 2.45) is 0 Å². The number of anilines is 1. The molecule has 0 radical (unpaired) electrons. The lowest BCUT2D eigenvalue weighted by molar-refractivity contribution is -0.137. The zero-order chi connectivity index (χ0) is 20.5. The molecule has 0 saturated heterocycles. The Balaban J connectivity index is 1.50. The Morgan fingerprint density at radius 3 is 2.27 bits per heavy atom. The van der Waals surface area contributed by atoms with Crippen molar-refractivity contribution in [1.29, 1.82) is 0 Å². The Morgan fingerprint density at radius 2 is 1.50 bits per heavy atom. The van der Waals surface area contributed by atoms with Crippen LogP contribution >= 0.6 is 0 Å². The van der Waals surface area contributed by atoms with Gasteiger partial charge in [-0.25, -0.2) is 0 Å². The normalized spacial score (nSPS) is 15.1. The first kappa shape index (κ1) is 18.0. The molecule has 0 unspecified atom stereocenters. The molecule has 0 saturated carbocycles. The zero-order valence-electron chi connectivity index (χ0n) is 16.0. The molecule has 0 atom stereocenters. The molecule has 6 nitrogen and oxygen atoms in total. The van der Waals surface area contributed by atoms with Gasteiger partial charge in [0.25, 0.3) is 11.8 Å². The van der Waals surface area contributed by atoms with Crippen LogP contribution in [-0.4, -0.2) is 23.5 Å². The third kappa shape index (κ3) is 3.18. The zero-order valence-corrected chi connectivity index (χ0v) is 16.0. The average Bonchev–Trinajstić information content (AvgIpc) is 3.33. The number of fused-ring (bicyclic) bond motifs is 1. The SMILES string of the molecule is O=C1C(Nc2ccccc2)=C(c2ccccc2)C(=O)N1Cc1ccc2c(c1)OCO2. The lowest BCUT2D eigenvalue weighted by Gasteiger charge is -2.16. The number of carbonyl (C=O) groups excluding carboxylic acids is 2. The number of amides is 2. The lowest BCUT2D eigenvalue weighted by Crippen LogP contribution is -2.32. The van der Waals surface area contributed by atoms with Crippen LogP contribution in [0, 0.1) is 0 Å². The molecule has 5 rings (SSSR count). The van der Waals surface area contributed by atoms with E-state index in [-0.39, 0.29) is 30.8 Å². The van der Waals surface area contributed by atoms with Crippen LogP contribution < -0.4 is 14.8 Å². The molecular formula is C24H18N2O4. The highest BCUT2D eigenvalue weighted by Crippen LogP contribution is 2.35. The summed E-state index contributed by atoms with van der Waals surface area (Å²) in [5.74, 6) is 0.584. The summed E-state index contributed by atoms with van der Waals surface area (Å²) in [6, 6.07) is 24.0. The van der Waals surface area contributed by atoms with E-state index in [9.17, 15) is 9.59 Å². The molecule has 0 aliphatic carbocycles. The van der Waals surface area contributed by atoms with Crippen LogP contribution in [0.25, 0.3) is 5.57 Å². The van der Waals surface area contributed by atoms with Gasteiger partial charge in [0.05, 0.1) is 12.1 Å². The van der Waals surface area contributed by atoms with Crippen molar-refractivity contribution in [2.45, 2.75) is 6.54 Å². The Kier molecular flexibility index (Phi) is 4.44.